The maximum atomic E-state index is 12.0. The van der Waals surface area contributed by atoms with Crippen molar-refractivity contribution in [2.45, 2.75) is 16.7 Å². The Morgan fingerprint density at radius 1 is 1.44 bits per heavy atom. The van der Waals surface area contributed by atoms with E-state index in [-0.39, 0.29) is 23.1 Å². The Morgan fingerprint density at radius 2 is 2.17 bits per heavy atom. The summed E-state index contributed by atoms with van der Waals surface area (Å²) in [6.45, 7) is 1.07. The molecule has 1 N–H and O–H groups in total. The molecule has 18 heavy (non-hydrogen) atoms. The third kappa shape index (κ3) is 2.77. The lowest BCUT2D eigenvalue weighted by molar-refractivity contribution is -0.385. The minimum Gasteiger partial charge on any atom is -0.315 e. The smallest absolute Gasteiger partial charge is 0.287 e. The molecule has 2 heterocycles. The molecule has 0 spiro atoms. The van der Waals surface area contributed by atoms with Gasteiger partial charge in [-0.1, -0.05) is 0 Å². The van der Waals surface area contributed by atoms with Crippen LogP contribution in [0.3, 0.4) is 0 Å². The highest BCUT2D eigenvalue weighted by Crippen LogP contribution is 2.20. The number of pyridine rings is 1. The Labute approximate surface area is 110 Å². The molecule has 100 valence electrons. The molecule has 1 aliphatic rings. The fourth-order valence-corrected chi connectivity index (χ4v) is 3.28. The van der Waals surface area contributed by atoms with Gasteiger partial charge in [0.05, 0.1) is 10.2 Å². The van der Waals surface area contributed by atoms with E-state index in [0.29, 0.717) is 19.5 Å². The standard InChI is InChI=1S/C9H11N3O4S.ClH/c13-12(14)7-1-2-9(11-5-7)17(15,16)8-3-4-10-6-8;/h1-2,5,8,10H,3-4,6H2;1H/t8-;/m0./s1. The van der Waals surface area contributed by atoms with Crippen LogP contribution in [0.15, 0.2) is 23.4 Å². The van der Waals surface area contributed by atoms with Gasteiger partial charge in [0, 0.05) is 12.6 Å². The van der Waals surface area contributed by atoms with E-state index in [1.807, 2.05) is 0 Å². The summed E-state index contributed by atoms with van der Waals surface area (Å²) in [5.41, 5.74) is -0.214. The Balaban J connectivity index is 0.00000162. The van der Waals surface area contributed by atoms with Crippen LogP contribution in [0.5, 0.6) is 0 Å². The molecular formula is C9H12ClN3O4S. The summed E-state index contributed by atoms with van der Waals surface area (Å²) >= 11 is 0. The molecule has 2 rings (SSSR count). The Hall–Kier alpha value is -1.25. The second-order valence-electron chi connectivity index (χ2n) is 3.77. The van der Waals surface area contributed by atoms with Crippen LogP contribution in [0.2, 0.25) is 0 Å². The van der Waals surface area contributed by atoms with Crippen molar-refractivity contribution < 1.29 is 13.3 Å². The van der Waals surface area contributed by atoms with E-state index in [1.54, 1.807) is 0 Å². The molecule has 9 heteroatoms. The van der Waals surface area contributed by atoms with Gasteiger partial charge < -0.3 is 5.32 Å². The molecule has 0 unspecified atom stereocenters. The molecule has 0 amide bonds. The lowest BCUT2D eigenvalue weighted by atomic mass is 10.4. The van der Waals surface area contributed by atoms with Crippen LogP contribution in [0.1, 0.15) is 6.42 Å². The van der Waals surface area contributed by atoms with E-state index in [1.165, 1.54) is 6.07 Å². The Bertz CT molecular complexity index is 525. The maximum absolute atomic E-state index is 12.0. The summed E-state index contributed by atoms with van der Waals surface area (Å²) in [4.78, 5) is 13.5. The number of aromatic nitrogens is 1. The van der Waals surface area contributed by atoms with Crippen LogP contribution in [-0.4, -0.2) is 36.7 Å². The van der Waals surface area contributed by atoms with Gasteiger partial charge in [-0.15, -0.1) is 12.4 Å². The first-order valence-corrected chi connectivity index (χ1v) is 6.61. The van der Waals surface area contributed by atoms with Gasteiger partial charge in [-0.3, -0.25) is 10.1 Å². The summed E-state index contributed by atoms with van der Waals surface area (Å²) < 4.78 is 24.1. The van der Waals surface area contributed by atoms with Gasteiger partial charge in [0.15, 0.2) is 14.9 Å². The first-order chi connectivity index (χ1) is 8.01. The average Bonchev–Trinajstić information content (AvgIpc) is 2.83. The zero-order valence-electron chi connectivity index (χ0n) is 9.27. The normalized spacial score (nSPS) is 19.2. The Morgan fingerprint density at radius 3 is 2.61 bits per heavy atom. The number of sulfone groups is 1. The highest BCUT2D eigenvalue weighted by Gasteiger charge is 2.31. The summed E-state index contributed by atoms with van der Waals surface area (Å²) in [6.07, 6.45) is 1.51. The van der Waals surface area contributed by atoms with Crippen molar-refractivity contribution in [2.75, 3.05) is 13.1 Å². The lowest BCUT2D eigenvalue weighted by Crippen LogP contribution is -2.24. The van der Waals surface area contributed by atoms with E-state index >= 15 is 0 Å². The molecule has 7 nitrogen and oxygen atoms in total. The van der Waals surface area contributed by atoms with Crippen LogP contribution >= 0.6 is 12.4 Å². The molecular weight excluding hydrogens is 282 g/mol. The molecule has 0 saturated carbocycles. The predicted molar refractivity (Wildman–Crippen MR) is 66.6 cm³/mol. The van der Waals surface area contributed by atoms with Crippen molar-refractivity contribution in [3.05, 3.63) is 28.4 Å². The number of halogens is 1. The topological polar surface area (TPSA) is 102 Å². The average molecular weight is 294 g/mol. The number of hydrogen-bond donors (Lipinski definition) is 1. The van der Waals surface area contributed by atoms with Crippen LogP contribution in [-0.2, 0) is 9.84 Å². The number of hydrogen-bond acceptors (Lipinski definition) is 6. The third-order valence-electron chi connectivity index (χ3n) is 2.68. The quantitative estimate of drug-likeness (QED) is 0.645. The second-order valence-corrected chi connectivity index (χ2v) is 5.95. The molecule has 0 bridgehead atoms. The van der Waals surface area contributed by atoms with E-state index in [2.05, 4.69) is 10.3 Å². The van der Waals surface area contributed by atoms with Crippen molar-refractivity contribution in [1.29, 1.82) is 0 Å². The largest absolute Gasteiger partial charge is 0.315 e. The van der Waals surface area contributed by atoms with Crippen LogP contribution in [0, 0.1) is 10.1 Å². The summed E-state index contributed by atoms with van der Waals surface area (Å²) in [7, 11) is -3.48. The predicted octanol–water partition coefficient (Wildman–Crippen LogP) is 0.547. The molecule has 0 aromatic carbocycles. The van der Waals surface area contributed by atoms with Crippen LogP contribution in [0.25, 0.3) is 0 Å². The SMILES string of the molecule is Cl.O=[N+]([O-])c1ccc(S(=O)(=O)[C@H]2CCNC2)nc1. The molecule has 1 aromatic rings. The third-order valence-corrected chi connectivity index (χ3v) is 4.78. The first-order valence-electron chi connectivity index (χ1n) is 5.07. The van der Waals surface area contributed by atoms with Crippen molar-refractivity contribution >= 4 is 27.9 Å². The number of nitrogens with one attached hydrogen (secondary N) is 1. The molecule has 1 saturated heterocycles. The zero-order valence-corrected chi connectivity index (χ0v) is 10.9. The van der Waals surface area contributed by atoms with Crippen molar-refractivity contribution in [3.63, 3.8) is 0 Å². The highest BCUT2D eigenvalue weighted by atomic mass is 35.5. The number of rotatable bonds is 3. The van der Waals surface area contributed by atoms with Gasteiger partial charge in [0.25, 0.3) is 5.69 Å². The summed E-state index contributed by atoms with van der Waals surface area (Å²) in [5.74, 6) is 0. The highest BCUT2D eigenvalue weighted by molar-refractivity contribution is 7.92. The zero-order chi connectivity index (χ0) is 12.5. The number of nitro groups is 1. The van der Waals surface area contributed by atoms with Gasteiger partial charge in [-0.2, -0.15) is 0 Å². The first kappa shape index (κ1) is 14.8. The van der Waals surface area contributed by atoms with Crippen LogP contribution in [0.4, 0.5) is 5.69 Å². The van der Waals surface area contributed by atoms with Gasteiger partial charge in [0.1, 0.15) is 6.20 Å². The molecule has 0 radical (unpaired) electrons. The second kappa shape index (κ2) is 5.59. The van der Waals surface area contributed by atoms with Crippen molar-refractivity contribution in [2.24, 2.45) is 0 Å². The number of nitrogens with zero attached hydrogens (tertiary/aromatic N) is 2. The maximum Gasteiger partial charge on any atom is 0.287 e. The molecule has 0 aliphatic carbocycles. The molecule has 1 aliphatic heterocycles. The molecule has 1 aromatic heterocycles. The van der Waals surface area contributed by atoms with E-state index in [9.17, 15) is 18.5 Å². The van der Waals surface area contributed by atoms with Crippen molar-refractivity contribution in [3.8, 4) is 0 Å². The fraction of sp³-hybridized carbons (Fsp3) is 0.444. The van der Waals surface area contributed by atoms with E-state index < -0.39 is 20.0 Å². The Kier molecular flexibility index (Phi) is 4.60. The van der Waals surface area contributed by atoms with Crippen molar-refractivity contribution in [1.82, 2.24) is 10.3 Å². The fourth-order valence-electron chi connectivity index (χ4n) is 1.71. The van der Waals surface area contributed by atoms with Gasteiger partial charge >= 0.3 is 0 Å². The summed E-state index contributed by atoms with van der Waals surface area (Å²) in [5, 5.41) is 12.8. The summed E-state index contributed by atoms with van der Waals surface area (Å²) in [6, 6.07) is 2.34. The van der Waals surface area contributed by atoms with Crippen LogP contribution < -0.4 is 5.32 Å². The van der Waals surface area contributed by atoms with Gasteiger partial charge in [-0.25, -0.2) is 13.4 Å². The minimum absolute atomic E-state index is 0. The van der Waals surface area contributed by atoms with E-state index in [0.717, 1.165) is 12.3 Å². The van der Waals surface area contributed by atoms with E-state index in [4.69, 9.17) is 0 Å². The molecule has 1 atom stereocenters. The van der Waals surface area contributed by atoms with Gasteiger partial charge in [0.2, 0.25) is 0 Å². The van der Waals surface area contributed by atoms with Gasteiger partial charge in [-0.05, 0) is 19.0 Å². The minimum atomic E-state index is -3.48. The molecule has 1 fully saturated rings. The monoisotopic (exact) mass is 293 g/mol. The lowest BCUT2D eigenvalue weighted by Gasteiger charge is -2.08.